The van der Waals surface area contributed by atoms with Crippen molar-refractivity contribution in [3.05, 3.63) is 58.6 Å². The zero-order valence-corrected chi connectivity index (χ0v) is 9.99. The molecule has 0 radical (unpaired) electrons. The number of nitriles is 1. The quantitative estimate of drug-likeness (QED) is 0.797. The van der Waals surface area contributed by atoms with E-state index in [1.165, 1.54) is 12.1 Å². The number of rotatable bonds is 3. The molecule has 0 aliphatic heterocycles. The predicted molar refractivity (Wildman–Crippen MR) is 64.7 cm³/mol. The summed E-state index contributed by atoms with van der Waals surface area (Å²) in [5, 5.41) is 8.97. The average Bonchev–Trinajstić information content (AvgIpc) is 2.37. The third kappa shape index (κ3) is 2.96. The van der Waals surface area contributed by atoms with Crippen LogP contribution in [0.2, 0.25) is 5.15 Å². The first-order valence-electron chi connectivity index (χ1n) is 5.12. The molecule has 0 amide bonds. The third-order valence-electron chi connectivity index (χ3n) is 2.21. The van der Waals surface area contributed by atoms with Crippen LogP contribution in [-0.2, 0) is 6.61 Å². The first kappa shape index (κ1) is 12.3. The van der Waals surface area contributed by atoms with Crippen LogP contribution in [0.4, 0.5) is 4.39 Å². The maximum atomic E-state index is 13.2. The normalized spacial score (nSPS) is 9.83. The van der Waals surface area contributed by atoms with Crippen LogP contribution in [0.1, 0.15) is 11.1 Å². The Morgan fingerprint density at radius 1 is 1.39 bits per heavy atom. The molecule has 0 unspecified atom stereocenters. The third-order valence-corrected chi connectivity index (χ3v) is 2.49. The van der Waals surface area contributed by atoms with Gasteiger partial charge in [0.25, 0.3) is 0 Å². The van der Waals surface area contributed by atoms with Crippen LogP contribution in [0.25, 0.3) is 0 Å². The Kier molecular flexibility index (Phi) is 3.75. The summed E-state index contributed by atoms with van der Waals surface area (Å²) in [6.45, 7) is 0.123. The molecule has 2 rings (SSSR count). The van der Waals surface area contributed by atoms with Gasteiger partial charge in [0.1, 0.15) is 12.4 Å². The fourth-order valence-electron chi connectivity index (χ4n) is 1.44. The summed E-state index contributed by atoms with van der Waals surface area (Å²) in [7, 11) is 0. The van der Waals surface area contributed by atoms with Crippen molar-refractivity contribution >= 4 is 11.6 Å². The number of benzene rings is 1. The molecule has 0 N–H and O–H groups in total. The summed E-state index contributed by atoms with van der Waals surface area (Å²) in [4.78, 5) is 3.86. The van der Waals surface area contributed by atoms with E-state index in [1.54, 1.807) is 24.4 Å². The topological polar surface area (TPSA) is 45.9 Å². The van der Waals surface area contributed by atoms with Gasteiger partial charge >= 0.3 is 0 Å². The monoisotopic (exact) mass is 262 g/mol. The highest BCUT2D eigenvalue weighted by atomic mass is 35.5. The van der Waals surface area contributed by atoms with Crippen LogP contribution < -0.4 is 4.74 Å². The highest BCUT2D eigenvalue weighted by Crippen LogP contribution is 2.21. The molecule has 0 saturated carbocycles. The molecule has 0 spiro atoms. The van der Waals surface area contributed by atoms with Crippen molar-refractivity contribution in [1.29, 1.82) is 5.26 Å². The Morgan fingerprint density at radius 2 is 2.22 bits per heavy atom. The molecule has 90 valence electrons. The first-order chi connectivity index (χ1) is 8.69. The predicted octanol–water partition coefficient (Wildman–Crippen LogP) is 3.32. The molecule has 3 nitrogen and oxygen atoms in total. The van der Waals surface area contributed by atoms with E-state index in [9.17, 15) is 4.39 Å². The number of hydrogen-bond acceptors (Lipinski definition) is 3. The summed E-state index contributed by atoms with van der Waals surface area (Å²) in [5.74, 6) is -0.0492. The maximum absolute atomic E-state index is 13.2. The van der Waals surface area contributed by atoms with Crippen LogP contribution in [0, 0.1) is 17.1 Å². The zero-order chi connectivity index (χ0) is 13.0. The van der Waals surface area contributed by atoms with Gasteiger partial charge in [0.05, 0.1) is 11.6 Å². The van der Waals surface area contributed by atoms with Crippen molar-refractivity contribution in [3.63, 3.8) is 0 Å². The van der Waals surface area contributed by atoms with Crippen LogP contribution in [-0.4, -0.2) is 4.98 Å². The van der Waals surface area contributed by atoms with E-state index in [0.29, 0.717) is 11.3 Å². The Morgan fingerprint density at radius 3 is 2.94 bits per heavy atom. The number of pyridine rings is 1. The minimum Gasteiger partial charge on any atom is -0.486 e. The van der Waals surface area contributed by atoms with Crippen molar-refractivity contribution in [2.75, 3.05) is 0 Å². The second-order valence-electron chi connectivity index (χ2n) is 3.54. The average molecular weight is 263 g/mol. The molecule has 1 aromatic carbocycles. The summed E-state index contributed by atoms with van der Waals surface area (Å²) in [6, 6.07) is 9.28. The van der Waals surface area contributed by atoms with Crippen molar-refractivity contribution in [2.24, 2.45) is 0 Å². The van der Waals surface area contributed by atoms with E-state index in [-0.39, 0.29) is 17.3 Å². The van der Waals surface area contributed by atoms with Crippen LogP contribution in [0.5, 0.6) is 5.75 Å². The van der Waals surface area contributed by atoms with Gasteiger partial charge in [0.15, 0.2) is 10.9 Å². The molecule has 5 heteroatoms. The summed E-state index contributed by atoms with van der Waals surface area (Å²) in [6.07, 6.45) is 1.55. The van der Waals surface area contributed by atoms with Crippen LogP contribution in [0.3, 0.4) is 0 Å². The molecule has 0 aliphatic carbocycles. The van der Waals surface area contributed by atoms with Crippen molar-refractivity contribution in [1.82, 2.24) is 4.98 Å². The maximum Gasteiger partial charge on any atom is 0.171 e. The minimum absolute atomic E-state index is 0.123. The van der Waals surface area contributed by atoms with Gasteiger partial charge in [-0.25, -0.2) is 9.37 Å². The van der Waals surface area contributed by atoms with Crippen molar-refractivity contribution < 1.29 is 9.13 Å². The highest BCUT2D eigenvalue weighted by Gasteiger charge is 2.04. The summed E-state index contributed by atoms with van der Waals surface area (Å²) in [5.41, 5.74) is 0.817. The van der Waals surface area contributed by atoms with E-state index >= 15 is 0 Å². The molecular weight excluding hydrogens is 255 g/mol. The molecule has 18 heavy (non-hydrogen) atoms. The molecule has 0 aliphatic rings. The highest BCUT2D eigenvalue weighted by molar-refractivity contribution is 6.30. The number of nitrogens with zero attached hydrogens (tertiary/aromatic N) is 2. The van der Waals surface area contributed by atoms with E-state index in [1.807, 2.05) is 6.07 Å². The Hall–Kier alpha value is -2.12. The second-order valence-corrected chi connectivity index (χ2v) is 3.90. The van der Waals surface area contributed by atoms with Crippen LogP contribution >= 0.6 is 11.6 Å². The lowest BCUT2D eigenvalue weighted by Gasteiger charge is -2.07. The number of halogens is 2. The van der Waals surface area contributed by atoms with Crippen molar-refractivity contribution in [3.8, 4) is 11.8 Å². The lowest BCUT2D eigenvalue weighted by Crippen LogP contribution is -1.98. The van der Waals surface area contributed by atoms with Gasteiger partial charge in [0.2, 0.25) is 0 Å². The molecule has 0 fully saturated rings. The standard InChI is InChI=1S/C13H8ClFN2O/c14-13-12(2-1-3-17-13)18-8-10-4-9(7-16)5-11(15)6-10/h1-6H,8H2. The molecule has 1 aromatic heterocycles. The zero-order valence-electron chi connectivity index (χ0n) is 9.23. The fourth-order valence-corrected chi connectivity index (χ4v) is 1.61. The molecule has 0 saturated heterocycles. The smallest absolute Gasteiger partial charge is 0.171 e. The van der Waals surface area contributed by atoms with Crippen LogP contribution in [0.15, 0.2) is 36.5 Å². The van der Waals surface area contributed by atoms with Gasteiger partial charge in [-0.3, -0.25) is 0 Å². The van der Waals surface area contributed by atoms with Gasteiger partial charge in [-0.2, -0.15) is 5.26 Å². The Bertz CT molecular complexity index is 610. The Balaban J connectivity index is 2.14. The molecule has 1 heterocycles. The molecular formula is C13H8ClFN2O. The number of aromatic nitrogens is 1. The first-order valence-corrected chi connectivity index (χ1v) is 5.50. The molecule has 0 atom stereocenters. The summed E-state index contributed by atoms with van der Waals surface area (Å²) < 4.78 is 18.6. The number of ether oxygens (including phenoxy) is 1. The van der Waals surface area contributed by atoms with Gasteiger partial charge in [0, 0.05) is 6.20 Å². The molecule has 2 aromatic rings. The van der Waals surface area contributed by atoms with Gasteiger partial charge in [-0.1, -0.05) is 11.6 Å². The van der Waals surface area contributed by atoms with E-state index < -0.39 is 5.82 Å². The largest absolute Gasteiger partial charge is 0.486 e. The SMILES string of the molecule is N#Cc1cc(F)cc(COc2cccnc2Cl)c1. The van der Waals surface area contributed by atoms with Gasteiger partial charge in [-0.05, 0) is 35.9 Å². The minimum atomic E-state index is -0.468. The van der Waals surface area contributed by atoms with E-state index in [0.717, 1.165) is 0 Å². The fraction of sp³-hybridized carbons (Fsp3) is 0.0769. The van der Waals surface area contributed by atoms with Crippen molar-refractivity contribution in [2.45, 2.75) is 6.61 Å². The lowest BCUT2D eigenvalue weighted by molar-refractivity contribution is 0.304. The molecule has 0 bridgehead atoms. The summed E-state index contributed by atoms with van der Waals surface area (Å²) >= 11 is 5.82. The lowest BCUT2D eigenvalue weighted by atomic mass is 10.1. The Labute approximate surface area is 108 Å². The van der Waals surface area contributed by atoms with Gasteiger partial charge in [-0.15, -0.1) is 0 Å². The van der Waals surface area contributed by atoms with E-state index in [2.05, 4.69) is 4.98 Å². The number of hydrogen-bond donors (Lipinski definition) is 0. The second kappa shape index (κ2) is 5.48. The van der Waals surface area contributed by atoms with Gasteiger partial charge < -0.3 is 4.74 Å². The van der Waals surface area contributed by atoms with E-state index in [4.69, 9.17) is 21.6 Å².